The van der Waals surface area contributed by atoms with Gasteiger partial charge in [-0.3, -0.25) is 0 Å². The predicted molar refractivity (Wildman–Crippen MR) is 88.4 cm³/mol. The highest BCUT2D eigenvalue weighted by molar-refractivity contribution is 7.08. The number of thiophene rings is 1. The molecule has 1 saturated heterocycles. The first kappa shape index (κ1) is 16.0. The van der Waals surface area contributed by atoms with Crippen molar-refractivity contribution in [1.82, 2.24) is 20.4 Å². The predicted octanol–water partition coefficient (Wildman–Crippen LogP) is 3.61. The fourth-order valence-electron chi connectivity index (χ4n) is 2.74. The van der Waals surface area contributed by atoms with Gasteiger partial charge in [0.1, 0.15) is 0 Å². The van der Waals surface area contributed by atoms with Crippen LogP contribution >= 0.6 is 11.3 Å². The molecule has 0 unspecified atom stereocenters. The minimum Gasteiger partial charge on any atom is -0.339 e. The smallest absolute Gasteiger partial charge is 0.318 e. The lowest BCUT2D eigenvalue weighted by Crippen LogP contribution is -2.39. The van der Waals surface area contributed by atoms with Crippen molar-refractivity contribution in [3.05, 3.63) is 33.6 Å². The van der Waals surface area contributed by atoms with Crippen LogP contribution in [0.5, 0.6) is 0 Å². The molecular formula is C16H22N4O2S. The van der Waals surface area contributed by atoms with E-state index >= 15 is 0 Å². The molecule has 124 valence electrons. The van der Waals surface area contributed by atoms with Gasteiger partial charge in [-0.1, -0.05) is 19.0 Å². The Kier molecular flexibility index (Phi) is 4.66. The van der Waals surface area contributed by atoms with E-state index in [1.54, 1.807) is 11.3 Å². The maximum Gasteiger partial charge on any atom is 0.318 e. The third kappa shape index (κ3) is 3.39. The molecule has 1 aliphatic heterocycles. The van der Waals surface area contributed by atoms with Gasteiger partial charge in [0, 0.05) is 19.0 Å². The summed E-state index contributed by atoms with van der Waals surface area (Å²) in [6.45, 7) is 7.37. The average Bonchev–Trinajstić information content (AvgIpc) is 3.24. The van der Waals surface area contributed by atoms with Gasteiger partial charge in [-0.25, -0.2) is 4.79 Å². The molecule has 23 heavy (non-hydrogen) atoms. The Bertz CT molecular complexity index is 679. The number of carbonyl (C=O) groups is 1. The van der Waals surface area contributed by atoms with E-state index in [2.05, 4.69) is 33.1 Å². The maximum absolute atomic E-state index is 12.5. The topological polar surface area (TPSA) is 71.3 Å². The quantitative estimate of drug-likeness (QED) is 0.927. The Balaban J connectivity index is 1.65. The summed E-state index contributed by atoms with van der Waals surface area (Å²) in [5.74, 6) is 1.44. The highest BCUT2D eigenvalue weighted by Gasteiger charge is 2.33. The number of likely N-dealkylation sites (tertiary alicyclic amines) is 1. The van der Waals surface area contributed by atoms with E-state index in [-0.39, 0.29) is 18.0 Å². The number of hydrogen-bond donors (Lipinski definition) is 1. The van der Waals surface area contributed by atoms with Crippen LogP contribution in [0, 0.1) is 6.92 Å². The van der Waals surface area contributed by atoms with Crippen molar-refractivity contribution in [2.24, 2.45) is 0 Å². The van der Waals surface area contributed by atoms with E-state index in [9.17, 15) is 4.79 Å². The van der Waals surface area contributed by atoms with E-state index in [1.165, 1.54) is 11.1 Å². The standard InChI is InChI=1S/C16H22N4O2S/c1-10(2)15-18-14(19-22-15)13-5-4-6-20(13)16(21)17-7-12-9-23-8-11(12)3/h8-10,13H,4-7H2,1-3H3,(H,17,21)/t13-/m0/s1. The zero-order valence-corrected chi connectivity index (χ0v) is 14.5. The van der Waals surface area contributed by atoms with E-state index in [4.69, 9.17) is 4.52 Å². The molecule has 2 aromatic heterocycles. The van der Waals surface area contributed by atoms with Gasteiger partial charge in [0.25, 0.3) is 0 Å². The van der Waals surface area contributed by atoms with Crippen LogP contribution in [-0.2, 0) is 6.54 Å². The average molecular weight is 334 g/mol. The molecule has 0 aromatic carbocycles. The lowest BCUT2D eigenvalue weighted by atomic mass is 10.2. The molecule has 3 heterocycles. The van der Waals surface area contributed by atoms with Gasteiger partial charge in [-0.15, -0.1) is 0 Å². The molecule has 6 nitrogen and oxygen atoms in total. The zero-order valence-electron chi connectivity index (χ0n) is 13.7. The number of carbonyl (C=O) groups excluding carboxylic acids is 1. The van der Waals surface area contributed by atoms with Crippen LogP contribution in [0.25, 0.3) is 0 Å². The Labute approximate surface area is 139 Å². The molecule has 0 bridgehead atoms. The second kappa shape index (κ2) is 6.70. The van der Waals surface area contributed by atoms with E-state index in [0.717, 1.165) is 19.4 Å². The molecule has 7 heteroatoms. The van der Waals surface area contributed by atoms with Crippen molar-refractivity contribution in [3.8, 4) is 0 Å². The summed E-state index contributed by atoms with van der Waals surface area (Å²) >= 11 is 1.66. The van der Waals surface area contributed by atoms with Crippen molar-refractivity contribution < 1.29 is 9.32 Å². The summed E-state index contributed by atoms with van der Waals surface area (Å²) in [5.41, 5.74) is 2.38. The minimum atomic E-state index is -0.0881. The highest BCUT2D eigenvalue weighted by Crippen LogP contribution is 2.30. The van der Waals surface area contributed by atoms with Crippen molar-refractivity contribution in [2.75, 3.05) is 6.54 Å². The van der Waals surface area contributed by atoms with Crippen molar-refractivity contribution >= 4 is 17.4 Å². The molecular weight excluding hydrogens is 312 g/mol. The fourth-order valence-corrected chi connectivity index (χ4v) is 3.59. The Hall–Kier alpha value is -1.89. The summed E-state index contributed by atoms with van der Waals surface area (Å²) in [4.78, 5) is 18.8. The van der Waals surface area contributed by atoms with Gasteiger partial charge >= 0.3 is 6.03 Å². The first-order valence-corrected chi connectivity index (χ1v) is 8.90. The van der Waals surface area contributed by atoms with Gasteiger partial charge in [0.2, 0.25) is 5.89 Å². The lowest BCUT2D eigenvalue weighted by molar-refractivity contribution is 0.189. The highest BCUT2D eigenvalue weighted by atomic mass is 32.1. The van der Waals surface area contributed by atoms with Gasteiger partial charge in [0.05, 0.1) is 6.04 Å². The summed E-state index contributed by atoms with van der Waals surface area (Å²) in [6.07, 6.45) is 1.84. The summed E-state index contributed by atoms with van der Waals surface area (Å²) < 4.78 is 5.28. The number of nitrogens with one attached hydrogen (secondary N) is 1. The molecule has 1 fully saturated rings. The van der Waals surface area contributed by atoms with Crippen LogP contribution in [0.4, 0.5) is 4.79 Å². The van der Waals surface area contributed by atoms with Crippen LogP contribution in [-0.4, -0.2) is 27.6 Å². The van der Waals surface area contributed by atoms with Gasteiger partial charge in [-0.05, 0) is 41.7 Å². The fraction of sp³-hybridized carbons (Fsp3) is 0.562. The number of amides is 2. The number of aryl methyl sites for hydroxylation is 1. The second-order valence-electron chi connectivity index (χ2n) is 6.24. The van der Waals surface area contributed by atoms with Crippen LogP contribution in [0.2, 0.25) is 0 Å². The van der Waals surface area contributed by atoms with Gasteiger partial charge < -0.3 is 14.7 Å². The molecule has 0 radical (unpaired) electrons. The number of nitrogens with zero attached hydrogens (tertiary/aromatic N) is 3. The number of aromatic nitrogens is 2. The van der Waals surface area contributed by atoms with Crippen LogP contribution in [0.15, 0.2) is 15.3 Å². The third-order valence-corrected chi connectivity index (χ3v) is 5.06. The van der Waals surface area contributed by atoms with E-state index in [0.29, 0.717) is 18.3 Å². The van der Waals surface area contributed by atoms with Crippen molar-refractivity contribution in [3.63, 3.8) is 0 Å². The first-order valence-electron chi connectivity index (χ1n) is 7.96. The largest absolute Gasteiger partial charge is 0.339 e. The number of urea groups is 1. The third-order valence-electron chi connectivity index (χ3n) is 4.15. The van der Waals surface area contributed by atoms with Crippen LogP contribution < -0.4 is 5.32 Å². The Morgan fingerprint density at radius 1 is 1.52 bits per heavy atom. The maximum atomic E-state index is 12.5. The van der Waals surface area contributed by atoms with E-state index in [1.807, 2.05) is 18.7 Å². The molecule has 1 atom stereocenters. The molecule has 3 rings (SSSR count). The van der Waals surface area contributed by atoms with Crippen LogP contribution in [0.3, 0.4) is 0 Å². The molecule has 0 saturated carbocycles. The van der Waals surface area contributed by atoms with E-state index < -0.39 is 0 Å². The van der Waals surface area contributed by atoms with Crippen LogP contribution in [0.1, 0.15) is 61.5 Å². The molecule has 1 N–H and O–H groups in total. The Morgan fingerprint density at radius 2 is 2.35 bits per heavy atom. The summed E-state index contributed by atoms with van der Waals surface area (Å²) in [7, 11) is 0. The normalized spacial score (nSPS) is 17.9. The molecule has 0 aliphatic carbocycles. The number of rotatable bonds is 4. The molecule has 2 amide bonds. The Morgan fingerprint density at radius 3 is 3.00 bits per heavy atom. The lowest BCUT2D eigenvalue weighted by Gasteiger charge is -2.22. The summed E-state index contributed by atoms with van der Waals surface area (Å²) in [5, 5.41) is 11.2. The van der Waals surface area contributed by atoms with Gasteiger partial charge in [0.15, 0.2) is 5.82 Å². The monoisotopic (exact) mass is 334 g/mol. The first-order chi connectivity index (χ1) is 11.1. The zero-order chi connectivity index (χ0) is 16.4. The minimum absolute atomic E-state index is 0.0611. The number of hydrogen-bond acceptors (Lipinski definition) is 5. The van der Waals surface area contributed by atoms with Crippen molar-refractivity contribution in [2.45, 2.75) is 52.1 Å². The summed E-state index contributed by atoms with van der Waals surface area (Å²) in [6, 6.07) is -0.149. The molecule has 2 aromatic rings. The van der Waals surface area contributed by atoms with Crippen molar-refractivity contribution in [1.29, 1.82) is 0 Å². The SMILES string of the molecule is Cc1cscc1CNC(=O)N1CCC[C@H]1c1noc(C(C)C)n1. The van der Waals surface area contributed by atoms with Gasteiger partial charge in [-0.2, -0.15) is 16.3 Å². The second-order valence-corrected chi connectivity index (χ2v) is 6.98. The molecule has 1 aliphatic rings. The molecule has 0 spiro atoms.